The maximum absolute atomic E-state index is 13.6. The van der Waals surface area contributed by atoms with Crippen LogP contribution in [0.3, 0.4) is 0 Å². The molecule has 4 aromatic rings. The average Bonchev–Trinajstić information content (AvgIpc) is 3.13. The summed E-state index contributed by atoms with van der Waals surface area (Å²) in [5.41, 5.74) is 8.33. The molecule has 0 atom stereocenters. The van der Waals surface area contributed by atoms with E-state index in [9.17, 15) is 9.65 Å². The van der Waals surface area contributed by atoms with Gasteiger partial charge in [0.25, 0.3) is 0 Å². The van der Waals surface area contributed by atoms with Crippen molar-refractivity contribution in [2.45, 2.75) is 0 Å². The molecule has 0 radical (unpaired) electrons. The van der Waals surface area contributed by atoms with E-state index in [2.05, 4.69) is 20.2 Å². The number of nitrogens with one attached hydrogen (secondary N) is 1. The number of benzene rings is 2. The second-order valence-electron chi connectivity index (χ2n) is 5.69. The van der Waals surface area contributed by atoms with Gasteiger partial charge in [-0.1, -0.05) is 23.2 Å². The van der Waals surface area contributed by atoms with E-state index in [1.165, 1.54) is 18.2 Å². The van der Waals surface area contributed by atoms with Gasteiger partial charge in [-0.05, 0) is 30.3 Å². The van der Waals surface area contributed by atoms with Gasteiger partial charge in [0.15, 0.2) is 11.5 Å². The number of hydrogen-bond donors (Lipinski definition) is 2. The first-order valence-electron chi connectivity index (χ1n) is 7.64. The highest BCUT2D eigenvalue weighted by Crippen LogP contribution is 2.35. The number of rotatable bonds is 2. The van der Waals surface area contributed by atoms with Gasteiger partial charge in [-0.15, -0.1) is 0 Å². The second kappa shape index (κ2) is 6.50. The van der Waals surface area contributed by atoms with Crippen LogP contribution in [0.1, 0.15) is 5.69 Å². The Bertz CT molecular complexity index is 1240. The summed E-state index contributed by atoms with van der Waals surface area (Å²) >= 11 is 12.2. The van der Waals surface area contributed by atoms with Crippen molar-refractivity contribution >= 4 is 39.9 Å². The Hall–Kier alpha value is -3.21. The van der Waals surface area contributed by atoms with Crippen LogP contribution >= 0.6 is 23.2 Å². The molecule has 0 saturated carbocycles. The summed E-state index contributed by atoms with van der Waals surface area (Å²) in [6, 6.07) is 9.56. The molecule has 27 heavy (non-hydrogen) atoms. The Morgan fingerprint density at radius 2 is 1.78 bits per heavy atom. The number of aromatic amines is 1. The number of H-pyrrole nitrogens is 1. The lowest BCUT2D eigenvalue weighted by Crippen LogP contribution is -2.03. The molecule has 9 heteroatoms. The molecule has 0 amide bonds. The highest BCUT2D eigenvalue weighted by atomic mass is 35.5. The molecule has 0 spiro atoms. The zero-order valence-electron chi connectivity index (χ0n) is 13.5. The number of nitrogens with zero attached hydrogens (tertiary/aromatic N) is 4. The minimum absolute atomic E-state index is 0.0228. The highest BCUT2D eigenvalue weighted by Gasteiger charge is 2.18. The molecular weight excluding hydrogens is 390 g/mol. The molecule has 0 unspecified atom stereocenters. The second-order valence-corrected chi connectivity index (χ2v) is 6.50. The fourth-order valence-electron chi connectivity index (χ4n) is 2.73. The highest BCUT2D eigenvalue weighted by molar-refractivity contribution is 6.35. The van der Waals surface area contributed by atoms with E-state index < -0.39 is 5.82 Å². The van der Waals surface area contributed by atoms with Crippen molar-refractivity contribution in [1.29, 1.82) is 5.26 Å². The van der Waals surface area contributed by atoms with Crippen LogP contribution in [-0.4, -0.2) is 20.2 Å². The minimum Gasteiger partial charge on any atom is -0.381 e. The van der Waals surface area contributed by atoms with Crippen LogP contribution in [0.25, 0.3) is 33.4 Å². The summed E-state index contributed by atoms with van der Waals surface area (Å²) in [5.74, 6) is -0.591. The van der Waals surface area contributed by atoms with Crippen molar-refractivity contribution in [2.75, 3.05) is 5.73 Å². The Labute approximate surface area is 162 Å². The predicted molar refractivity (Wildman–Crippen MR) is 102 cm³/mol. The number of anilines is 1. The molecule has 4 rings (SSSR count). The molecule has 0 bridgehead atoms. The molecule has 2 heterocycles. The third-order valence-corrected chi connectivity index (χ3v) is 4.58. The molecule has 0 aliphatic rings. The van der Waals surface area contributed by atoms with E-state index in [4.69, 9.17) is 28.9 Å². The Balaban J connectivity index is 2.02. The van der Waals surface area contributed by atoms with E-state index >= 15 is 0 Å². The van der Waals surface area contributed by atoms with Crippen molar-refractivity contribution in [3.63, 3.8) is 0 Å². The lowest BCUT2D eigenvalue weighted by Gasteiger charge is -2.11. The van der Waals surface area contributed by atoms with E-state index in [1.807, 2.05) is 6.07 Å². The van der Waals surface area contributed by atoms with Crippen molar-refractivity contribution in [3.8, 4) is 28.6 Å². The zero-order chi connectivity index (χ0) is 19.1. The number of halogens is 3. The van der Waals surface area contributed by atoms with Crippen molar-refractivity contribution < 1.29 is 4.39 Å². The minimum atomic E-state index is -0.556. The van der Waals surface area contributed by atoms with Crippen LogP contribution in [0.5, 0.6) is 0 Å². The Morgan fingerprint density at radius 3 is 2.52 bits per heavy atom. The summed E-state index contributed by atoms with van der Waals surface area (Å²) in [7, 11) is 0. The number of fused-ring (bicyclic) bond motifs is 1. The molecule has 2 aromatic carbocycles. The van der Waals surface area contributed by atoms with E-state index in [-0.39, 0.29) is 16.5 Å². The van der Waals surface area contributed by atoms with Gasteiger partial charge in [-0.25, -0.2) is 14.4 Å². The van der Waals surface area contributed by atoms with Crippen LogP contribution in [0, 0.1) is 17.1 Å². The standard InChI is InChI=1S/C18H9Cl2FN6/c19-11-4-8(1-2-13(11)21)16-17(25-14(6-22)18(23)26-16)9-3-10-7-24-27-15(10)12(20)5-9/h1-5,7H,(H2,23,26)(H,24,27). The van der Waals surface area contributed by atoms with Gasteiger partial charge in [0.2, 0.25) is 0 Å². The number of hydrogen-bond acceptors (Lipinski definition) is 5. The maximum atomic E-state index is 13.6. The molecule has 2 aromatic heterocycles. The Kier molecular flexibility index (Phi) is 4.15. The van der Waals surface area contributed by atoms with Gasteiger partial charge < -0.3 is 5.73 Å². The molecule has 3 N–H and O–H groups in total. The van der Waals surface area contributed by atoms with E-state index in [0.29, 0.717) is 33.1 Å². The molecule has 0 aliphatic carbocycles. The largest absolute Gasteiger partial charge is 0.381 e. The third kappa shape index (κ3) is 2.95. The first kappa shape index (κ1) is 17.2. The third-order valence-electron chi connectivity index (χ3n) is 4.00. The fourth-order valence-corrected chi connectivity index (χ4v) is 3.18. The van der Waals surface area contributed by atoms with Gasteiger partial charge in [0.05, 0.1) is 33.1 Å². The normalized spacial score (nSPS) is 10.9. The smallest absolute Gasteiger partial charge is 0.183 e. The SMILES string of the molecule is N#Cc1nc(-c2cc(Cl)c3[nH]ncc3c2)c(-c2ccc(F)c(Cl)c2)nc1N. The maximum Gasteiger partial charge on any atom is 0.183 e. The van der Waals surface area contributed by atoms with Crippen LogP contribution in [0.2, 0.25) is 10.0 Å². The van der Waals surface area contributed by atoms with Gasteiger partial charge in [0.1, 0.15) is 11.9 Å². The summed E-state index contributed by atoms with van der Waals surface area (Å²) < 4.78 is 13.6. The lowest BCUT2D eigenvalue weighted by molar-refractivity contribution is 0.628. The lowest BCUT2D eigenvalue weighted by atomic mass is 10.0. The molecule has 6 nitrogen and oxygen atoms in total. The fraction of sp³-hybridized carbons (Fsp3) is 0. The molecule has 132 valence electrons. The van der Waals surface area contributed by atoms with Crippen molar-refractivity contribution in [1.82, 2.24) is 20.2 Å². The van der Waals surface area contributed by atoms with E-state index in [1.54, 1.807) is 18.3 Å². The van der Waals surface area contributed by atoms with Gasteiger partial charge >= 0.3 is 0 Å². The summed E-state index contributed by atoms with van der Waals surface area (Å²) in [5, 5.41) is 17.2. The Morgan fingerprint density at radius 1 is 1.04 bits per heavy atom. The monoisotopic (exact) mass is 398 g/mol. The molecular formula is C18H9Cl2FN6. The molecule has 0 fully saturated rings. The number of nitrogens with two attached hydrogens (primary N) is 1. The number of nitrogen functional groups attached to an aromatic ring is 1. The van der Waals surface area contributed by atoms with Gasteiger partial charge in [0, 0.05) is 16.5 Å². The topological polar surface area (TPSA) is 104 Å². The van der Waals surface area contributed by atoms with Crippen LogP contribution < -0.4 is 5.73 Å². The van der Waals surface area contributed by atoms with Gasteiger partial charge in [-0.3, -0.25) is 5.10 Å². The quantitative estimate of drug-likeness (QED) is 0.513. The summed E-state index contributed by atoms with van der Waals surface area (Å²) in [6.07, 6.45) is 1.62. The van der Waals surface area contributed by atoms with Gasteiger partial charge in [-0.2, -0.15) is 10.4 Å². The van der Waals surface area contributed by atoms with Crippen LogP contribution in [-0.2, 0) is 0 Å². The van der Waals surface area contributed by atoms with Crippen molar-refractivity contribution in [2.24, 2.45) is 0 Å². The number of aromatic nitrogens is 4. The number of nitriles is 1. The zero-order valence-corrected chi connectivity index (χ0v) is 15.0. The molecule has 0 saturated heterocycles. The first-order chi connectivity index (χ1) is 13.0. The average molecular weight is 399 g/mol. The predicted octanol–water partition coefficient (Wildman–Crippen LogP) is 4.59. The van der Waals surface area contributed by atoms with Crippen LogP contribution in [0.15, 0.2) is 36.5 Å². The van der Waals surface area contributed by atoms with E-state index in [0.717, 1.165) is 5.39 Å². The van der Waals surface area contributed by atoms with Crippen LogP contribution in [0.4, 0.5) is 10.2 Å². The summed E-state index contributed by atoms with van der Waals surface area (Å²) in [6.45, 7) is 0. The molecule has 0 aliphatic heterocycles. The first-order valence-corrected chi connectivity index (χ1v) is 8.39. The summed E-state index contributed by atoms with van der Waals surface area (Å²) in [4.78, 5) is 8.65. The van der Waals surface area contributed by atoms with Crippen molar-refractivity contribution in [3.05, 3.63) is 58.1 Å².